The molecule has 0 unspecified atom stereocenters. The van der Waals surface area contributed by atoms with Crippen molar-refractivity contribution in [2.75, 3.05) is 5.32 Å². The minimum atomic E-state index is -0.162. The van der Waals surface area contributed by atoms with E-state index in [2.05, 4.69) is 64.0 Å². The van der Waals surface area contributed by atoms with E-state index in [4.69, 9.17) is 23.2 Å². The summed E-state index contributed by atoms with van der Waals surface area (Å²) in [6.45, 7) is 13.3. The third kappa shape index (κ3) is 5.02. The molecule has 0 saturated heterocycles. The molecule has 0 fully saturated rings. The number of benzene rings is 2. The zero-order chi connectivity index (χ0) is 23.1. The normalized spacial score (nSPS) is 12.3. The molecule has 6 heteroatoms. The molecule has 0 saturated carbocycles. The molecule has 2 aromatic carbocycles. The van der Waals surface area contributed by atoms with Crippen LogP contribution in [0.3, 0.4) is 0 Å². The van der Waals surface area contributed by atoms with Gasteiger partial charge in [0.25, 0.3) is 0 Å². The molecule has 0 aliphatic heterocycles. The predicted molar refractivity (Wildman–Crippen MR) is 131 cm³/mol. The van der Waals surface area contributed by atoms with Crippen LogP contribution in [-0.4, -0.2) is 14.7 Å². The Morgan fingerprint density at radius 2 is 1.52 bits per heavy atom. The van der Waals surface area contributed by atoms with Crippen LogP contribution in [0.25, 0.3) is 11.3 Å². The fourth-order valence-electron chi connectivity index (χ4n) is 3.62. The number of phenols is 1. The average molecular weight is 460 g/mol. The second kappa shape index (κ2) is 8.40. The van der Waals surface area contributed by atoms with E-state index in [9.17, 15) is 5.11 Å². The maximum Gasteiger partial charge on any atom is 0.203 e. The molecular formula is C25H31Cl2N3O. The number of anilines is 1. The van der Waals surface area contributed by atoms with Gasteiger partial charge in [0, 0.05) is 19.2 Å². The number of rotatable bonds is 4. The van der Waals surface area contributed by atoms with Gasteiger partial charge in [0.05, 0.1) is 21.9 Å². The Hall–Kier alpha value is -2.17. The molecule has 1 heterocycles. The topological polar surface area (TPSA) is 50.1 Å². The van der Waals surface area contributed by atoms with Crippen molar-refractivity contribution < 1.29 is 5.11 Å². The van der Waals surface area contributed by atoms with Gasteiger partial charge < -0.3 is 15.0 Å². The van der Waals surface area contributed by atoms with Crippen molar-refractivity contribution in [1.82, 2.24) is 9.55 Å². The highest BCUT2D eigenvalue weighted by Crippen LogP contribution is 2.40. The summed E-state index contributed by atoms with van der Waals surface area (Å²) in [5, 5.41) is 15.4. The highest BCUT2D eigenvalue weighted by Gasteiger charge is 2.26. The highest BCUT2D eigenvalue weighted by molar-refractivity contribution is 6.42. The fraction of sp³-hybridized carbons (Fsp3) is 0.400. The van der Waals surface area contributed by atoms with E-state index in [0.29, 0.717) is 22.3 Å². The predicted octanol–water partition coefficient (Wildman–Crippen LogP) is 7.31. The summed E-state index contributed by atoms with van der Waals surface area (Å²) in [6, 6.07) is 9.73. The minimum Gasteiger partial charge on any atom is -0.507 e. The molecule has 0 amide bonds. The fourth-order valence-corrected chi connectivity index (χ4v) is 3.92. The Bertz CT molecular complexity index is 1070. The molecule has 0 aliphatic rings. The number of nitrogens with one attached hydrogen (secondary N) is 1. The second-order valence-electron chi connectivity index (χ2n) is 10.0. The number of halogens is 2. The standard InChI is InChI=1S/C25H31Cl2N3O/c1-24(2,3)17-10-15(11-18(22(17)31)25(4,5)6)13-28-23-29-14-21(30(23)7)16-8-9-19(26)20(27)12-16/h8-12,14,31H,13H2,1-7H3,(H,28,29). The molecule has 2 N–H and O–H groups in total. The summed E-state index contributed by atoms with van der Waals surface area (Å²) in [4.78, 5) is 4.55. The quantitative estimate of drug-likeness (QED) is 0.429. The average Bonchev–Trinajstić information content (AvgIpc) is 3.02. The summed E-state index contributed by atoms with van der Waals surface area (Å²) in [6.07, 6.45) is 1.82. The number of hydrogen-bond donors (Lipinski definition) is 2. The first-order chi connectivity index (χ1) is 14.3. The number of aromatic hydroxyl groups is 1. The van der Waals surface area contributed by atoms with Gasteiger partial charge in [-0.3, -0.25) is 0 Å². The molecule has 0 spiro atoms. The third-order valence-electron chi connectivity index (χ3n) is 5.44. The van der Waals surface area contributed by atoms with Gasteiger partial charge in [-0.15, -0.1) is 0 Å². The van der Waals surface area contributed by atoms with Crippen LogP contribution < -0.4 is 5.32 Å². The monoisotopic (exact) mass is 459 g/mol. The molecule has 0 atom stereocenters. The zero-order valence-electron chi connectivity index (χ0n) is 19.3. The third-order valence-corrected chi connectivity index (χ3v) is 6.18. The summed E-state index contributed by atoms with van der Waals surface area (Å²) >= 11 is 12.2. The van der Waals surface area contributed by atoms with E-state index in [1.807, 2.05) is 29.9 Å². The summed E-state index contributed by atoms with van der Waals surface area (Å²) in [7, 11) is 1.96. The van der Waals surface area contributed by atoms with Gasteiger partial charge in [0.2, 0.25) is 5.95 Å². The molecule has 0 aliphatic carbocycles. The Balaban J connectivity index is 1.91. The van der Waals surface area contributed by atoms with Crippen molar-refractivity contribution in [2.45, 2.75) is 58.9 Å². The van der Waals surface area contributed by atoms with E-state index in [1.165, 1.54) is 0 Å². The lowest BCUT2D eigenvalue weighted by Crippen LogP contribution is -2.18. The van der Waals surface area contributed by atoms with Gasteiger partial charge in [-0.05, 0) is 51.8 Å². The minimum absolute atomic E-state index is 0.162. The number of phenolic OH excluding ortho intramolecular Hbond substituents is 1. The van der Waals surface area contributed by atoms with Crippen LogP contribution in [0.5, 0.6) is 5.75 Å². The molecule has 3 rings (SSSR count). The van der Waals surface area contributed by atoms with Gasteiger partial charge in [0.1, 0.15) is 5.75 Å². The van der Waals surface area contributed by atoms with E-state index in [-0.39, 0.29) is 10.8 Å². The second-order valence-corrected chi connectivity index (χ2v) is 10.9. The number of nitrogens with zero attached hydrogens (tertiary/aromatic N) is 2. The molecule has 0 radical (unpaired) electrons. The molecule has 0 bridgehead atoms. The number of hydrogen-bond acceptors (Lipinski definition) is 3. The Morgan fingerprint density at radius 3 is 2.03 bits per heavy atom. The van der Waals surface area contributed by atoms with Crippen LogP contribution >= 0.6 is 23.2 Å². The van der Waals surface area contributed by atoms with Gasteiger partial charge in [-0.2, -0.15) is 0 Å². The van der Waals surface area contributed by atoms with Crippen molar-refractivity contribution >= 4 is 29.2 Å². The van der Waals surface area contributed by atoms with Gasteiger partial charge in [-0.25, -0.2) is 4.98 Å². The smallest absolute Gasteiger partial charge is 0.203 e. The van der Waals surface area contributed by atoms with Gasteiger partial charge >= 0.3 is 0 Å². The molecule has 4 nitrogen and oxygen atoms in total. The van der Waals surface area contributed by atoms with Crippen LogP contribution in [0.2, 0.25) is 10.0 Å². The van der Waals surface area contributed by atoms with Crippen molar-refractivity contribution in [2.24, 2.45) is 7.05 Å². The zero-order valence-corrected chi connectivity index (χ0v) is 20.8. The van der Waals surface area contributed by atoms with E-state index in [0.717, 1.165) is 33.9 Å². The highest BCUT2D eigenvalue weighted by atomic mass is 35.5. The van der Waals surface area contributed by atoms with Crippen LogP contribution in [0.1, 0.15) is 58.2 Å². The van der Waals surface area contributed by atoms with E-state index >= 15 is 0 Å². The first-order valence-corrected chi connectivity index (χ1v) is 11.1. The Labute approximate surface area is 195 Å². The van der Waals surface area contributed by atoms with Crippen molar-refractivity contribution in [3.8, 4) is 17.0 Å². The molecule has 166 valence electrons. The van der Waals surface area contributed by atoms with E-state index in [1.54, 1.807) is 6.07 Å². The first kappa shape index (κ1) is 23.5. The Morgan fingerprint density at radius 1 is 0.935 bits per heavy atom. The van der Waals surface area contributed by atoms with Crippen LogP contribution in [-0.2, 0) is 24.4 Å². The largest absolute Gasteiger partial charge is 0.507 e. The summed E-state index contributed by atoms with van der Waals surface area (Å²) in [5.41, 5.74) is 4.58. The van der Waals surface area contributed by atoms with Crippen molar-refractivity contribution in [3.63, 3.8) is 0 Å². The summed E-state index contributed by atoms with van der Waals surface area (Å²) in [5.74, 6) is 1.14. The van der Waals surface area contributed by atoms with Crippen molar-refractivity contribution in [3.05, 3.63) is 63.3 Å². The summed E-state index contributed by atoms with van der Waals surface area (Å²) < 4.78 is 2.00. The van der Waals surface area contributed by atoms with E-state index < -0.39 is 0 Å². The molecule has 1 aromatic heterocycles. The lowest BCUT2D eigenvalue weighted by atomic mass is 9.78. The van der Waals surface area contributed by atoms with Gasteiger partial charge in [0.15, 0.2) is 0 Å². The van der Waals surface area contributed by atoms with Crippen LogP contribution in [0.15, 0.2) is 36.5 Å². The van der Waals surface area contributed by atoms with Crippen LogP contribution in [0, 0.1) is 0 Å². The molecular weight excluding hydrogens is 429 g/mol. The van der Waals surface area contributed by atoms with Crippen LogP contribution in [0.4, 0.5) is 5.95 Å². The molecule has 3 aromatic rings. The SMILES string of the molecule is Cn1c(-c2ccc(Cl)c(Cl)c2)cnc1NCc1cc(C(C)(C)C)c(O)c(C(C)(C)C)c1. The Kier molecular flexibility index (Phi) is 6.37. The first-order valence-electron chi connectivity index (χ1n) is 10.4. The number of imidazole rings is 1. The lowest BCUT2D eigenvalue weighted by molar-refractivity contribution is 0.423. The van der Waals surface area contributed by atoms with Gasteiger partial charge in [-0.1, -0.05) is 70.8 Å². The lowest BCUT2D eigenvalue weighted by Gasteiger charge is -2.28. The number of aromatic nitrogens is 2. The molecule has 31 heavy (non-hydrogen) atoms. The maximum atomic E-state index is 10.9. The maximum absolute atomic E-state index is 10.9. The van der Waals surface area contributed by atoms with Crippen molar-refractivity contribution in [1.29, 1.82) is 0 Å².